The minimum absolute atomic E-state index is 0.157. The second kappa shape index (κ2) is 3.82. The minimum atomic E-state index is -0.157. The molecule has 1 aliphatic carbocycles. The number of hydrogen-bond acceptors (Lipinski definition) is 3. The summed E-state index contributed by atoms with van der Waals surface area (Å²) in [5, 5.41) is 9.68. The maximum absolute atomic E-state index is 10.8. The highest BCUT2D eigenvalue weighted by Crippen LogP contribution is 2.26. The Labute approximate surface area is 82.7 Å². The zero-order chi connectivity index (χ0) is 9.97. The van der Waals surface area contributed by atoms with Crippen LogP contribution in [0.5, 0.6) is 0 Å². The molecule has 2 unspecified atom stereocenters. The van der Waals surface area contributed by atoms with E-state index in [1.54, 1.807) is 6.07 Å². The summed E-state index contributed by atoms with van der Waals surface area (Å²) >= 11 is 0. The number of anilines is 1. The quantitative estimate of drug-likeness (QED) is 0.745. The van der Waals surface area contributed by atoms with Crippen LogP contribution < -0.4 is 10.9 Å². The predicted octanol–water partition coefficient (Wildman–Crippen LogP) is 1.37. The largest absolute Gasteiger partial charge is 0.366 e. The summed E-state index contributed by atoms with van der Waals surface area (Å²) in [5.74, 6) is 1.46. The van der Waals surface area contributed by atoms with Crippen molar-refractivity contribution in [2.75, 3.05) is 5.32 Å². The molecule has 2 N–H and O–H groups in total. The van der Waals surface area contributed by atoms with Crippen molar-refractivity contribution in [1.29, 1.82) is 0 Å². The molecule has 76 valence electrons. The predicted molar refractivity (Wildman–Crippen MR) is 55.3 cm³/mol. The van der Waals surface area contributed by atoms with Crippen LogP contribution in [0.4, 0.5) is 5.82 Å². The number of aromatic amines is 1. The fourth-order valence-electron chi connectivity index (χ4n) is 1.97. The molecule has 1 aromatic rings. The average Bonchev–Trinajstić information content (AvgIpc) is 2.56. The Kier molecular flexibility index (Phi) is 2.52. The first kappa shape index (κ1) is 9.24. The van der Waals surface area contributed by atoms with Crippen molar-refractivity contribution in [3.8, 4) is 0 Å². The van der Waals surface area contributed by atoms with E-state index in [0.717, 1.165) is 5.82 Å². The van der Waals surface area contributed by atoms with Gasteiger partial charge in [0.25, 0.3) is 5.56 Å². The van der Waals surface area contributed by atoms with Crippen molar-refractivity contribution in [2.24, 2.45) is 5.92 Å². The number of rotatable bonds is 2. The van der Waals surface area contributed by atoms with E-state index in [1.807, 2.05) is 0 Å². The number of aromatic nitrogens is 2. The molecule has 0 saturated heterocycles. The highest BCUT2D eigenvalue weighted by molar-refractivity contribution is 5.33. The molecular weight excluding hydrogens is 178 g/mol. The topological polar surface area (TPSA) is 57.8 Å². The monoisotopic (exact) mass is 193 g/mol. The summed E-state index contributed by atoms with van der Waals surface area (Å²) in [5.41, 5.74) is -0.157. The second-order valence-electron chi connectivity index (χ2n) is 3.97. The van der Waals surface area contributed by atoms with E-state index in [2.05, 4.69) is 22.4 Å². The van der Waals surface area contributed by atoms with Crippen molar-refractivity contribution in [3.63, 3.8) is 0 Å². The summed E-state index contributed by atoms with van der Waals surface area (Å²) in [6.45, 7) is 2.25. The molecule has 1 saturated carbocycles. The van der Waals surface area contributed by atoms with Crippen molar-refractivity contribution >= 4 is 5.82 Å². The fourth-order valence-corrected chi connectivity index (χ4v) is 1.97. The molecule has 0 aliphatic heterocycles. The maximum atomic E-state index is 10.8. The van der Waals surface area contributed by atoms with Crippen LogP contribution in [0.25, 0.3) is 0 Å². The number of nitrogens with one attached hydrogen (secondary N) is 2. The van der Waals surface area contributed by atoms with Gasteiger partial charge >= 0.3 is 0 Å². The Morgan fingerprint density at radius 3 is 2.93 bits per heavy atom. The maximum Gasteiger partial charge on any atom is 0.264 e. The SMILES string of the molecule is CC1CCCC1Nc1ccc(=O)[nH]n1. The molecule has 4 nitrogen and oxygen atoms in total. The smallest absolute Gasteiger partial charge is 0.264 e. The molecule has 0 bridgehead atoms. The number of H-pyrrole nitrogens is 1. The van der Waals surface area contributed by atoms with Gasteiger partial charge in [0.2, 0.25) is 0 Å². The van der Waals surface area contributed by atoms with Crippen molar-refractivity contribution < 1.29 is 0 Å². The van der Waals surface area contributed by atoms with E-state index in [0.29, 0.717) is 12.0 Å². The zero-order valence-corrected chi connectivity index (χ0v) is 8.29. The van der Waals surface area contributed by atoms with E-state index in [1.165, 1.54) is 25.3 Å². The van der Waals surface area contributed by atoms with E-state index >= 15 is 0 Å². The first-order valence-electron chi connectivity index (χ1n) is 5.08. The molecule has 0 aromatic carbocycles. The Bertz CT molecular complexity index is 340. The first-order valence-corrected chi connectivity index (χ1v) is 5.08. The van der Waals surface area contributed by atoms with Crippen LogP contribution in [0.1, 0.15) is 26.2 Å². The Morgan fingerprint density at radius 2 is 2.36 bits per heavy atom. The molecular formula is C10H15N3O. The van der Waals surface area contributed by atoms with Crippen LogP contribution in [0.3, 0.4) is 0 Å². The van der Waals surface area contributed by atoms with Crippen LogP contribution in [-0.4, -0.2) is 16.2 Å². The van der Waals surface area contributed by atoms with Gasteiger partial charge in [0.05, 0.1) is 0 Å². The highest BCUT2D eigenvalue weighted by Gasteiger charge is 2.23. The lowest BCUT2D eigenvalue weighted by Gasteiger charge is -2.17. The Balaban J connectivity index is 2.03. The third-order valence-electron chi connectivity index (χ3n) is 2.87. The highest BCUT2D eigenvalue weighted by atomic mass is 16.1. The molecule has 2 rings (SSSR count). The summed E-state index contributed by atoms with van der Waals surface area (Å²) in [4.78, 5) is 10.8. The molecule has 0 spiro atoms. The lowest BCUT2D eigenvalue weighted by molar-refractivity contribution is 0.554. The van der Waals surface area contributed by atoms with Crippen molar-refractivity contribution in [2.45, 2.75) is 32.2 Å². The number of nitrogens with zero attached hydrogens (tertiary/aromatic N) is 1. The van der Waals surface area contributed by atoms with Crippen LogP contribution in [-0.2, 0) is 0 Å². The lowest BCUT2D eigenvalue weighted by atomic mass is 10.1. The van der Waals surface area contributed by atoms with Gasteiger partial charge in [-0.15, -0.1) is 0 Å². The molecule has 1 heterocycles. The van der Waals surface area contributed by atoms with Crippen LogP contribution >= 0.6 is 0 Å². The molecule has 0 radical (unpaired) electrons. The lowest BCUT2D eigenvalue weighted by Crippen LogP contribution is -2.23. The third kappa shape index (κ3) is 1.95. The van der Waals surface area contributed by atoms with Gasteiger partial charge in [-0.3, -0.25) is 4.79 Å². The molecule has 1 aliphatic rings. The minimum Gasteiger partial charge on any atom is -0.366 e. The Morgan fingerprint density at radius 1 is 1.50 bits per heavy atom. The summed E-state index contributed by atoms with van der Waals surface area (Å²) in [6.07, 6.45) is 3.76. The van der Waals surface area contributed by atoms with Gasteiger partial charge in [-0.05, 0) is 24.8 Å². The van der Waals surface area contributed by atoms with Gasteiger partial charge in [0, 0.05) is 12.1 Å². The van der Waals surface area contributed by atoms with Crippen molar-refractivity contribution in [3.05, 3.63) is 22.5 Å². The molecule has 1 aromatic heterocycles. The van der Waals surface area contributed by atoms with Gasteiger partial charge < -0.3 is 5.32 Å². The standard InChI is InChI=1S/C10H15N3O/c1-7-3-2-4-8(7)11-9-5-6-10(14)13-12-9/h5-8H,2-4H2,1H3,(H,11,12)(H,13,14). The van der Waals surface area contributed by atoms with Gasteiger partial charge in [-0.25, -0.2) is 5.10 Å². The number of hydrogen-bond donors (Lipinski definition) is 2. The summed E-state index contributed by atoms with van der Waals surface area (Å²) < 4.78 is 0. The molecule has 1 fully saturated rings. The fraction of sp³-hybridized carbons (Fsp3) is 0.600. The third-order valence-corrected chi connectivity index (χ3v) is 2.87. The van der Waals surface area contributed by atoms with Crippen LogP contribution in [0.15, 0.2) is 16.9 Å². The van der Waals surface area contributed by atoms with Crippen molar-refractivity contribution in [1.82, 2.24) is 10.2 Å². The average molecular weight is 193 g/mol. The van der Waals surface area contributed by atoms with E-state index < -0.39 is 0 Å². The molecule has 2 atom stereocenters. The first-order chi connectivity index (χ1) is 6.75. The van der Waals surface area contributed by atoms with Gasteiger partial charge in [0.1, 0.15) is 5.82 Å². The summed E-state index contributed by atoms with van der Waals surface area (Å²) in [7, 11) is 0. The van der Waals surface area contributed by atoms with Crippen LogP contribution in [0, 0.1) is 5.92 Å². The molecule has 14 heavy (non-hydrogen) atoms. The van der Waals surface area contributed by atoms with E-state index in [4.69, 9.17) is 0 Å². The van der Waals surface area contributed by atoms with Crippen LogP contribution in [0.2, 0.25) is 0 Å². The van der Waals surface area contributed by atoms with Gasteiger partial charge in [0.15, 0.2) is 0 Å². The van der Waals surface area contributed by atoms with E-state index in [-0.39, 0.29) is 5.56 Å². The van der Waals surface area contributed by atoms with E-state index in [9.17, 15) is 4.79 Å². The second-order valence-corrected chi connectivity index (χ2v) is 3.97. The van der Waals surface area contributed by atoms with Gasteiger partial charge in [-0.1, -0.05) is 13.3 Å². The zero-order valence-electron chi connectivity index (χ0n) is 8.29. The normalized spacial score (nSPS) is 26.4. The van der Waals surface area contributed by atoms with Gasteiger partial charge in [-0.2, -0.15) is 5.10 Å². The summed E-state index contributed by atoms with van der Waals surface area (Å²) in [6, 6.07) is 3.73. The Hall–Kier alpha value is -1.32. The molecule has 4 heteroatoms. The molecule has 0 amide bonds.